The van der Waals surface area contributed by atoms with E-state index in [1.54, 1.807) is 24.3 Å². The normalized spacial score (nSPS) is 17.9. The zero-order valence-corrected chi connectivity index (χ0v) is 12.9. The maximum Gasteiger partial charge on any atom is 0.264 e. The molecule has 0 amide bonds. The minimum Gasteiger partial charge on any atom is -0.287 e. The lowest BCUT2D eigenvalue weighted by Gasteiger charge is -2.28. The van der Waals surface area contributed by atoms with Gasteiger partial charge in [0.05, 0.1) is 11.1 Å². The molecule has 7 nitrogen and oxygen atoms in total. The minimum atomic E-state index is -3.84. The first kappa shape index (κ1) is 15.2. The summed E-state index contributed by atoms with van der Waals surface area (Å²) in [6, 6.07) is 10.8. The number of Topliss-reactive ketones (excluding diaryl/α,β-unsaturated/α-hetero) is 1. The molecule has 118 valence electrons. The number of rotatable bonds is 2. The van der Waals surface area contributed by atoms with Gasteiger partial charge in [0.1, 0.15) is 5.70 Å². The number of benzene rings is 1. The van der Waals surface area contributed by atoms with E-state index in [0.29, 0.717) is 5.06 Å². The highest BCUT2D eigenvalue weighted by Gasteiger charge is 2.37. The largest absolute Gasteiger partial charge is 0.287 e. The zero-order chi connectivity index (χ0) is 16.6. The second kappa shape index (κ2) is 5.49. The van der Waals surface area contributed by atoms with Crippen LogP contribution in [0.25, 0.3) is 0 Å². The van der Waals surface area contributed by atoms with Gasteiger partial charge < -0.3 is 0 Å². The molecule has 0 atom stereocenters. The molecule has 0 spiro atoms. The predicted octanol–water partition coefficient (Wildman–Crippen LogP) is 1.64. The Kier molecular flexibility index (Phi) is 3.63. The number of allylic oxidation sites excluding steroid dienone is 1. The van der Waals surface area contributed by atoms with Gasteiger partial charge in [0.15, 0.2) is 5.82 Å². The second-order valence-electron chi connectivity index (χ2n) is 4.84. The molecule has 1 aromatic heterocycles. The monoisotopic (exact) mass is 331 g/mol. The molecule has 0 saturated carbocycles. The third kappa shape index (κ3) is 2.47. The van der Waals surface area contributed by atoms with Crippen LogP contribution in [-0.4, -0.2) is 35.7 Å². The van der Waals surface area contributed by atoms with Crippen molar-refractivity contribution < 1.29 is 18.4 Å². The van der Waals surface area contributed by atoms with E-state index >= 15 is 0 Å². The van der Waals surface area contributed by atoms with E-state index in [2.05, 4.69) is 4.98 Å². The highest BCUT2D eigenvalue weighted by molar-refractivity contribution is 7.89. The Bertz CT molecular complexity index is 894. The van der Waals surface area contributed by atoms with Gasteiger partial charge in [-0.25, -0.2) is 18.5 Å². The van der Waals surface area contributed by atoms with Crippen LogP contribution in [0.3, 0.4) is 0 Å². The van der Waals surface area contributed by atoms with E-state index in [-0.39, 0.29) is 22.0 Å². The second-order valence-corrected chi connectivity index (χ2v) is 6.78. The topological polar surface area (TPSA) is 90.8 Å². The number of pyridine rings is 1. The average Bonchev–Trinajstić information content (AvgIpc) is 2.58. The predicted molar refractivity (Wildman–Crippen MR) is 82.3 cm³/mol. The fraction of sp³-hybridized carbons (Fsp3) is 0.0667. The number of ketones is 1. The Labute approximate surface area is 133 Å². The molecule has 8 heteroatoms. The number of hydrogen-bond donors (Lipinski definition) is 1. The number of nitrogens with zero attached hydrogens (tertiary/aromatic N) is 3. The van der Waals surface area contributed by atoms with E-state index in [1.165, 1.54) is 31.4 Å². The Balaban J connectivity index is 2.11. The SMILES string of the molecule is CN1/C(=C/N(O)c2ccccn2)C(=O)c2ccccc2S1(=O)=O. The fourth-order valence-electron chi connectivity index (χ4n) is 2.25. The summed E-state index contributed by atoms with van der Waals surface area (Å²) in [6.07, 6.45) is 2.51. The first-order chi connectivity index (χ1) is 10.9. The molecule has 1 aliphatic rings. The van der Waals surface area contributed by atoms with E-state index in [0.717, 1.165) is 10.5 Å². The van der Waals surface area contributed by atoms with Gasteiger partial charge in [-0.15, -0.1) is 0 Å². The summed E-state index contributed by atoms with van der Waals surface area (Å²) >= 11 is 0. The van der Waals surface area contributed by atoms with Crippen molar-refractivity contribution in [3.8, 4) is 0 Å². The molecule has 1 N–H and O–H groups in total. The molecule has 1 aliphatic heterocycles. The molecule has 0 bridgehead atoms. The van der Waals surface area contributed by atoms with Crippen LogP contribution < -0.4 is 5.06 Å². The van der Waals surface area contributed by atoms with Crippen LogP contribution in [0.2, 0.25) is 0 Å². The number of anilines is 1. The number of sulfonamides is 1. The van der Waals surface area contributed by atoms with Gasteiger partial charge in [0.25, 0.3) is 10.0 Å². The molecule has 0 unspecified atom stereocenters. The van der Waals surface area contributed by atoms with Crippen molar-refractivity contribution in [3.63, 3.8) is 0 Å². The third-order valence-corrected chi connectivity index (χ3v) is 5.30. The number of fused-ring (bicyclic) bond motifs is 1. The first-order valence-corrected chi connectivity index (χ1v) is 8.10. The number of aromatic nitrogens is 1. The summed E-state index contributed by atoms with van der Waals surface area (Å²) in [5.41, 5.74) is -0.0943. The van der Waals surface area contributed by atoms with Crippen molar-refractivity contribution >= 4 is 21.6 Å². The summed E-state index contributed by atoms with van der Waals surface area (Å²) in [6.45, 7) is 0. The number of likely N-dealkylation sites (N-methyl/N-ethyl adjacent to an activating group) is 1. The van der Waals surface area contributed by atoms with Gasteiger partial charge >= 0.3 is 0 Å². The van der Waals surface area contributed by atoms with E-state index in [9.17, 15) is 18.4 Å². The summed E-state index contributed by atoms with van der Waals surface area (Å²) < 4.78 is 25.8. The van der Waals surface area contributed by atoms with Crippen molar-refractivity contribution in [2.75, 3.05) is 12.1 Å². The van der Waals surface area contributed by atoms with Gasteiger partial charge in [-0.3, -0.25) is 14.3 Å². The highest BCUT2D eigenvalue weighted by Crippen LogP contribution is 2.31. The van der Waals surface area contributed by atoms with Gasteiger partial charge in [-0.2, -0.15) is 0 Å². The molecule has 2 heterocycles. The van der Waals surface area contributed by atoms with Crippen molar-refractivity contribution in [1.29, 1.82) is 0 Å². The Morgan fingerprint density at radius 3 is 2.57 bits per heavy atom. The van der Waals surface area contributed by atoms with E-state index < -0.39 is 15.8 Å². The van der Waals surface area contributed by atoms with Crippen LogP contribution >= 0.6 is 0 Å². The quantitative estimate of drug-likeness (QED) is 0.664. The number of hydrogen-bond acceptors (Lipinski definition) is 6. The summed E-state index contributed by atoms with van der Waals surface area (Å²) in [5.74, 6) is -0.328. The van der Waals surface area contributed by atoms with E-state index in [4.69, 9.17) is 0 Å². The highest BCUT2D eigenvalue weighted by atomic mass is 32.2. The number of carbonyl (C=O) groups is 1. The first-order valence-electron chi connectivity index (χ1n) is 6.66. The van der Waals surface area contributed by atoms with Crippen LogP contribution in [0.1, 0.15) is 10.4 Å². The minimum absolute atomic E-state index is 0.0491. The maximum atomic E-state index is 12.5. The summed E-state index contributed by atoms with van der Waals surface area (Å²) in [7, 11) is -2.58. The molecule has 3 rings (SSSR count). The Morgan fingerprint density at radius 1 is 1.17 bits per heavy atom. The Morgan fingerprint density at radius 2 is 1.87 bits per heavy atom. The lowest BCUT2D eigenvalue weighted by Crippen LogP contribution is -2.37. The molecule has 23 heavy (non-hydrogen) atoms. The number of carbonyl (C=O) groups excluding carboxylic acids is 1. The van der Waals surface area contributed by atoms with Crippen LogP contribution in [0.4, 0.5) is 5.82 Å². The van der Waals surface area contributed by atoms with Crippen molar-refractivity contribution in [3.05, 3.63) is 66.1 Å². The molecule has 0 aliphatic carbocycles. The van der Waals surface area contributed by atoms with Crippen LogP contribution in [0, 0.1) is 0 Å². The van der Waals surface area contributed by atoms with Crippen LogP contribution in [-0.2, 0) is 10.0 Å². The van der Waals surface area contributed by atoms with Crippen LogP contribution in [0.15, 0.2) is 65.5 Å². The molecule has 0 saturated heterocycles. The standard InChI is InChI=1S/C15H13N3O4S/c1-17-12(10-18(20)14-8-4-5-9-16-14)15(19)11-6-2-3-7-13(11)23(17,21)22/h2-10,20H,1H3/b12-10+. The van der Waals surface area contributed by atoms with E-state index in [1.807, 2.05) is 0 Å². The molecular weight excluding hydrogens is 318 g/mol. The van der Waals surface area contributed by atoms with Gasteiger partial charge in [-0.1, -0.05) is 18.2 Å². The zero-order valence-electron chi connectivity index (χ0n) is 12.1. The van der Waals surface area contributed by atoms with Crippen LogP contribution in [0.5, 0.6) is 0 Å². The van der Waals surface area contributed by atoms with Gasteiger partial charge in [0.2, 0.25) is 5.78 Å². The molecule has 0 radical (unpaired) electrons. The molecule has 1 aromatic carbocycles. The molecule has 0 fully saturated rings. The summed E-state index contributed by atoms with van der Waals surface area (Å²) in [4.78, 5) is 16.4. The molecular formula is C15H13N3O4S. The Hall–Kier alpha value is -2.71. The van der Waals surface area contributed by atoms with Gasteiger partial charge in [-0.05, 0) is 24.3 Å². The number of hydroxylamine groups is 1. The lowest BCUT2D eigenvalue weighted by molar-refractivity contribution is 0.100. The molecule has 2 aromatic rings. The lowest BCUT2D eigenvalue weighted by atomic mass is 10.1. The van der Waals surface area contributed by atoms with Crippen molar-refractivity contribution in [2.24, 2.45) is 0 Å². The smallest absolute Gasteiger partial charge is 0.264 e. The van der Waals surface area contributed by atoms with Crippen molar-refractivity contribution in [1.82, 2.24) is 9.29 Å². The fourth-order valence-corrected chi connectivity index (χ4v) is 3.62. The maximum absolute atomic E-state index is 12.5. The summed E-state index contributed by atoms with van der Waals surface area (Å²) in [5, 5.41) is 10.7. The van der Waals surface area contributed by atoms with Crippen molar-refractivity contribution in [2.45, 2.75) is 4.90 Å². The third-order valence-electron chi connectivity index (χ3n) is 3.47. The van der Waals surface area contributed by atoms with Gasteiger partial charge in [0, 0.05) is 18.8 Å². The average molecular weight is 331 g/mol.